The van der Waals surface area contributed by atoms with Gasteiger partial charge in [0.05, 0.1) is 16.5 Å². The number of esters is 1. The molecule has 0 aromatic heterocycles. The molecular formula is C23H30N2O5S. The molecule has 8 heteroatoms. The van der Waals surface area contributed by atoms with Crippen molar-refractivity contribution in [3.8, 4) is 0 Å². The van der Waals surface area contributed by atoms with Gasteiger partial charge in [0, 0.05) is 13.1 Å². The second-order valence-corrected chi connectivity index (χ2v) is 9.26. The third-order valence-corrected chi connectivity index (χ3v) is 7.20. The van der Waals surface area contributed by atoms with Crippen LogP contribution in [0.1, 0.15) is 53.9 Å². The Labute approximate surface area is 184 Å². The summed E-state index contributed by atoms with van der Waals surface area (Å²) < 4.78 is 31.7. The molecule has 1 amide bonds. The van der Waals surface area contributed by atoms with Crippen molar-refractivity contribution >= 4 is 21.9 Å². The molecule has 168 valence electrons. The van der Waals surface area contributed by atoms with Crippen LogP contribution in [-0.2, 0) is 19.6 Å². The molecule has 1 unspecified atom stereocenters. The van der Waals surface area contributed by atoms with Crippen molar-refractivity contribution in [2.45, 2.75) is 45.6 Å². The molecule has 0 radical (unpaired) electrons. The van der Waals surface area contributed by atoms with E-state index in [0.717, 1.165) is 11.1 Å². The van der Waals surface area contributed by atoms with Crippen molar-refractivity contribution in [3.05, 3.63) is 64.7 Å². The van der Waals surface area contributed by atoms with Crippen LogP contribution in [0.2, 0.25) is 0 Å². The van der Waals surface area contributed by atoms with E-state index >= 15 is 0 Å². The first kappa shape index (κ1) is 24.6. The molecule has 31 heavy (non-hydrogen) atoms. The van der Waals surface area contributed by atoms with Crippen LogP contribution in [0.4, 0.5) is 0 Å². The van der Waals surface area contributed by atoms with Crippen molar-refractivity contribution in [1.82, 2.24) is 9.62 Å². The number of ether oxygens (including phenoxy) is 1. The van der Waals surface area contributed by atoms with E-state index in [9.17, 15) is 18.0 Å². The molecule has 2 rings (SSSR count). The molecule has 0 saturated heterocycles. The second kappa shape index (κ2) is 10.5. The van der Waals surface area contributed by atoms with Crippen LogP contribution >= 0.6 is 0 Å². The predicted octanol–water partition coefficient (Wildman–Crippen LogP) is 3.37. The van der Waals surface area contributed by atoms with Crippen LogP contribution in [0.25, 0.3) is 0 Å². The van der Waals surface area contributed by atoms with Crippen molar-refractivity contribution in [3.63, 3.8) is 0 Å². The minimum atomic E-state index is -3.70. The summed E-state index contributed by atoms with van der Waals surface area (Å²) in [6, 6.07) is 11.3. The maximum Gasteiger partial charge on any atom is 0.338 e. The van der Waals surface area contributed by atoms with E-state index in [-0.39, 0.29) is 16.5 Å². The zero-order chi connectivity index (χ0) is 23.2. The lowest BCUT2D eigenvalue weighted by atomic mass is 10.0. The second-order valence-electron chi connectivity index (χ2n) is 7.33. The molecule has 0 aliphatic heterocycles. The molecule has 2 aromatic rings. The van der Waals surface area contributed by atoms with E-state index in [1.807, 2.05) is 39.0 Å². The topological polar surface area (TPSA) is 92.8 Å². The van der Waals surface area contributed by atoms with Crippen LogP contribution in [0, 0.1) is 13.8 Å². The number of benzene rings is 2. The summed E-state index contributed by atoms with van der Waals surface area (Å²) >= 11 is 0. The smallest absolute Gasteiger partial charge is 0.338 e. The average Bonchev–Trinajstić information content (AvgIpc) is 2.74. The molecule has 0 spiro atoms. The molecule has 0 fully saturated rings. The number of hydrogen-bond donors (Lipinski definition) is 1. The van der Waals surface area contributed by atoms with Crippen molar-refractivity contribution in [2.75, 3.05) is 19.7 Å². The number of carbonyl (C=O) groups is 2. The van der Waals surface area contributed by atoms with Crippen LogP contribution in [0.5, 0.6) is 0 Å². The maximum atomic E-state index is 12.6. The molecule has 0 aliphatic carbocycles. The van der Waals surface area contributed by atoms with Crippen LogP contribution < -0.4 is 5.32 Å². The first-order valence-corrected chi connectivity index (χ1v) is 11.7. The Bertz CT molecular complexity index is 1050. The van der Waals surface area contributed by atoms with Gasteiger partial charge in [-0.15, -0.1) is 0 Å². The van der Waals surface area contributed by atoms with Crippen molar-refractivity contribution in [1.29, 1.82) is 0 Å². The van der Waals surface area contributed by atoms with Gasteiger partial charge in [0.2, 0.25) is 10.0 Å². The fourth-order valence-corrected chi connectivity index (χ4v) is 4.62. The van der Waals surface area contributed by atoms with Gasteiger partial charge in [-0.2, -0.15) is 4.31 Å². The van der Waals surface area contributed by atoms with Crippen molar-refractivity contribution in [2.24, 2.45) is 0 Å². The highest BCUT2D eigenvalue weighted by atomic mass is 32.2. The molecule has 0 heterocycles. The lowest BCUT2D eigenvalue weighted by molar-refractivity contribution is -0.124. The first-order chi connectivity index (χ1) is 14.6. The number of sulfonamides is 1. The van der Waals surface area contributed by atoms with E-state index in [0.29, 0.717) is 13.1 Å². The number of rotatable bonds is 9. The van der Waals surface area contributed by atoms with Gasteiger partial charge in [0.25, 0.3) is 5.91 Å². The Morgan fingerprint density at radius 1 is 1.03 bits per heavy atom. The van der Waals surface area contributed by atoms with Gasteiger partial charge in [-0.25, -0.2) is 13.2 Å². The van der Waals surface area contributed by atoms with Gasteiger partial charge in [-0.05, 0) is 55.7 Å². The highest BCUT2D eigenvalue weighted by molar-refractivity contribution is 7.89. The Morgan fingerprint density at radius 3 is 2.32 bits per heavy atom. The fraction of sp³-hybridized carbons (Fsp3) is 0.391. The van der Waals surface area contributed by atoms with Crippen molar-refractivity contribution < 1.29 is 22.7 Å². The van der Waals surface area contributed by atoms with Gasteiger partial charge in [-0.3, -0.25) is 4.79 Å². The lowest BCUT2D eigenvalue weighted by Crippen LogP contribution is -2.31. The van der Waals surface area contributed by atoms with Gasteiger partial charge in [0.15, 0.2) is 6.61 Å². The molecule has 7 nitrogen and oxygen atoms in total. The highest BCUT2D eigenvalue weighted by Gasteiger charge is 2.23. The SMILES string of the molecule is CCN(CC)S(=O)(=O)c1cccc(C(=O)OCC(=O)NC(C)c2ccc(C)c(C)c2)c1. The largest absolute Gasteiger partial charge is 0.452 e. The molecular weight excluding hydrogens is 416 g/mol. The number of amides is 1. The monoisotopic (exact) mass is 446 g/mol. The molecule has 1 atom stereocenters. The van der Waals surface area contributed by atoms with E-state index in [1.165, 1.54) is 34.1 Å². The zero-order valence-electron chi connectivity index (χ0n) is 18.6. The quantitative estimate of drug-likeness (QED) is 0.596. The molecule has 2 aromatic carbocycles. The zero-order valence-corrected chi connectivity index (χ0v) is 19.5. The third kappa shape index (κ3) is 6.15. The van der Waals surface area contributed by atoms with E-state index in [2.05, 4.69) is 5.32 Å². The minimum Gasteiger partial charge on any atom is -0.452 e. The van der Waals surface area contributed by atoms with Crippen LogP contribution in [0.15, 0.2) is 47.4 Å². The number of hydrogen-bond acceptors (Lipinski definition) is 5. The molecule has 0 bridgehead atoms. The standard InChI is InChI=1S/C23H30N2O5S/c1-6-25(7-2)31(28,29)21-10-8-9-20(14-21)23(27)30-15-22(26)24-18(5)19-12-11-16(3)17(4)13-19/h8-14,18H,6-7,15H2,1-5H3,(H,24,26). The van der Waals surface area contributed by atoms with Gasteiger partial charge in [-0.1, -0.05) is 38.1 Å². The summed E-state index contributed by atoms with van der Waals surface area (Å²) in [6.07, 6.45) is 0. The van der Waals surface area contributed by atoms with Gasteiger partial charge >= 0.3 is 5.97 Å². The van der Waals surface area contributed by atoms with Crippen LogP contribution in [0.3, 0.4) is 0 Å². The Balaban J connectivity index is 2.01. The summed E-state index contributed by atoms with van der Waals surface area (Å²) in [7, 11) is -3.70. The van der Waals surface area contributed by atoms with Gasteiger partial charge < -0.3 is 10.1 Å². The van der Waals surface area contributed by atoms with Gasteiger partial charge in [0.1, 0.15) is 0 Å². The molecule has 0 saturated carbocycles. The van der Waals surface area contributed by atoms with E-state index in [1.54, 1.807) is 13.8 Å². The summed E-state index contributed by atoms with van der Waals surface area (Å²) in [5.41, 5.74) is 3.33. The maximum absolute atomic E-state index is 12.6. The van der Waals surface area contributed by atoms with E-state index in [4.69, 9.17) is 4.74 Å². The fourth-order valence-electron chi connectivity index (χ4n) is 3.11. The molecule has 1 N–H and O–H groups in total. The Hall–Kier alpha value is -2.71. The summed E-state index contributed by atoms with van der Waals surface area (Å²) in [6.45, 7) is 9.56. The third-order valence-electron chi connectivity index (χ3n) is 5.16. The molecule has 0 aliphatic rings. The number of nitrogens with zero attached hydrogens (tertiary/aromatic N) is 1. The summed E-state index contributed by atoms with van der Waals surface area (Å²) in [5, 5.41) is 2.80. The first-order valence-electron chi connectivity index (χ1n) is 10.2. The summed E-state index contributed by atoms with van der Waals surface area (Å²) in [4.78, 5) is 24.6. The highest BCUT2D eigenvalue weighted by Crippen LogP contribution is 2.18. The lowest BCUT2D eigenvalue weighted by Gasteiger charge is -2.18. The number of carbonyl (C=O) groups excluding carboxylic acids is 2. The normalized spacial score (nSPS) is 12.5. The average molecular weight is 447 g/mol. The summed E-state index contributed by atoms with van der Waals surface area (Å²) in [5.74, 6) is -1.20. The Morgan fingerprint density at radius 2 is 1.71 bits per heavy atom. The number of aryl methyl sites for hydroxylation is 2. The number of nitrogens with one attached hydrogen (secondary N) is 1. The Kier molecular flexibility index (Phi) is 8.36. The predicted molar refractivity (Wildman–Crippen MR) is 119 cm³/mol. The van der Waals surface area contributed by atoms with E-state index < -0.39 is 28.5 Å². The van der Waals surface area contributed by atoms with Crippen LogP contribution in [-0.4, -0.2) is 44.3 Å². The minimum absolute atomic E-state index is 0.0125.